The summed E-state index contributed by atoms with van der Waals surface area (Å²) in [6.45, 7) is 3.72. The number of carbonyl (C=O) groups is 1. The van der Waals surface area contributed by atoms with Gasteiger partial charge in [0.25, 0.3) is 0 Å². The SMILES string of the molecule is CC(NC(C)c1ccccc1Cl)C(=O)Nc1ccc(F)cc1. The van der Waals surface area contributed by atoms with Crippen LogP contribution in [0.4, 0.5) is 10.1 Å². The Morgan fingerprint density at radius 1 is 1.09 bits per heavy atom. The van der Waals surface area contributed by atoms with Crippen LogP contribution in [0, 0.1) is 5.82 Å². The molecule has 0 heterocycles. The Morgan fingerprint density at radius 2 is 1.73 bits per heavy atom. The zero-order valence-corrected chi connectivity index (χ0v) is 13.2. The highest BCUT2D eigenvalue weighted by atomic mass is 35.5. The summed E-state index contributed by atoms with van der Waals surface area (Å²) < 4.78 is 12.8. The highest BCUT2D eigenvalue weighted by Gasteiger charge is 2.17. The van der Waals surface area contributed by atoms with Crippen LogP contribution >= 0.6 is 11.6 Å². The quantitative estimate of drug-likeness (QED) is 0.868. The van der Waals surface area contributed by atoms with Crippen LogP contribution < -0.4 is 10.6 Å². The molecule has 0 fully saturated rings. The van der Waals surface area contributed by atoms with Crippen molar-refractivity contribution in [2.24, 2.45) is 0 Å². The van der Waals surface area contributed by atoms with E-state index in [1.54, 1.807) is 6.92 Å². The summed E-state index contributed by atoms with van der Waals surface area (Å²) >= 11 is 6.15. The van der Waals surface area contributed by atoms with Gasteiger partial charge in [-0.2, -0.15) is 0 Å². The molecule has 2 aromatic carbocycles. The molecule has 0 saturated heterocycles. The Balaban J connectivity index is 1.96. The molecule has 2 rings (SSSR count). The minimum Gasteiger partial charge on any atom is -0.325 e. The molecule has 2 unspecified atom stereocenters. The van der Waals surface area contributed by atoms with Crippen molar-refractivity contribution < 1.29 is 9.18 Å². The van der Waals surface area contributed by atoms with Crippen LogP contribution in [0.5, 0.6) is 0 Å². The smallest absolute Gasteiger partial charge is 0.241 e. The number of hydrogen-bond donors (Lipinski definition) is 2. The topological polar surface area (TPSA) is 41.1 Å². The molecular formula is C17H18ClFN2O. The van der Waals surface area contributed by atoms with Crippen molar-refractivity contribution in [1.82, 2.24) is 5.32 Å². The first-order valence-corrected chi connectivity index (χ1v) is 7.42. The average molecular weight is 321 g/mol. The van der Waals surface area contributed by atoms with Gasteiger partial charge in [0, 0.05) is 16.8 Å². The number of hydrogen-bond acceptors (Lipinski definition) is 2. The van der Waals surface area contributed by atoms with E-state index in [9.17, 15) is 9.18 Å². The third-order valence-electron chi connectivity index (χ3n) is 3.38. The second-order valence-corrected chi connectivity index (χ2v) is 5.53. The van der Waals surface area contributed by atoms with Crippen LogP contribution in [0.15, 0.2) is 48.5 Å². The molecule has 116 valence electrons. The molecule has 2 aromatic rings. The number of carbonyl (C=O) groups excluding carboxylic acids is 1. The Morgan fingerprint density at radius 3 is 2.36 bits per heavy atom. The van der Waals surface area contributed by atoms with Gasteiger partial charge < -0.3 is 5.32 Å². The van der Waals surface area contributed by atoms with Crippen molar-refractivity contribution in [3.05, 3.63) is 64.9 Å². The van der Waals surface area contributed by atoms with Crippen molar-refractivity contribution in [3.8, 4) is 0 Å². The number of benzene rings is 2. The number of anilines is 1. The predicted octanol–water partition coefficient (Wildman–Crippen LogP) is 4.16. The zero-order valence-electron chi connectivity index (χ0n) is 12.4. The maximum absolute atomic E-state index is 12.8. The van der Waals surface area contributed by atoms with Gasteiger partial charge in [0.2, 0.25) is 5.91 Å². The van der Waals surface area contributed by atoms with Gasteiger partial charge in [0.1, 0.15) is 5.82 Å². The van der Waals surface area contributed by atoms with Crippen LogP contribution in [-0.4, -0.2) is 11.9 Å². The van der Waals surface area contributed by atoms with Gasteiger partial charge in [-0.05, 0) is 49.7 Å². The van der Waals surface area contributed by atoms with E-state index in [0.717, 1.165) is 5.56 Å². The Bertz CT molecular complexity index is 645. The summed E-state index contributed by atoms with van der Waals surface area (Å²) in [5.74, 6) is -0.526. The standard InChI is InChI=1S/C17H18ClFN2O/c1-11(15-5-3-4-6-16(15)18)20-12(2)17(22)21-14-9-7-13(19)8-10-14/h3-12,20H,1-2H3,(H,21,22). The highest BCUT2D eigenvalue weighted by Crippen LogP contribution is 2.22. The third-order valence-corrected chi connectivity index (χ3v) is 3.72. The van der Waals surface area contributed by atoms with Crippen LogP contribution in [-0.2, 0) is 4.79 Å². The zero-order chi connectivity index (χ0) is 16.1. The maximum Gasteiger partial charge on any atom is 0.241 e. The number of amides is 1. The molecule has 0 aliphatic carbocycles. The van der Waals surface area contributed by atoms with Crippen LogP contribution in [0.1, 0.15) is 25.5 Å². The Labute approximate surface area is 134 Å². The summed E-state index contributed by atoms with van der Waals surface area (Å²) in [5.41, 5.74) is 1.50. The lowest BCUT2D eigenvalue weighted by molar-refractivity contribution is -0.117. The van der Waals surface area contributed by atoms with Gasteiger partial charge >= 0.3 is 0 Å². The molecule has 2 N–H and O–H groups in total. The Hall–Kier alpha value is -1.91. The summed E-state index contributed by atoms with van der Waals surface area (Å²) in [6.07, 6.45) is 0. The van der Waals surface area contributed by atoms with E-state index in [0.29, 0.717) is 10.7 Å². The van der Waals surface area contributed by atoms with Gasteiger partial charge in [-0.15, -0.1) is 0 Å². The summed E-state index contributed by atoms with van der Waals surface area (Å²) in [4.78, 5) is 12.1. The van der Waals surface area contributed by atoms with Crippen molar-refractivity contribution in [1.29, 1.82) is 0 Å². The first kappa shape index (κ1) is 16.5. The molecule has 0 radical (unpaired) electrons. The van der Waals surface area contributed by atoms with E-state index in [1.807, 2.05) is 31.2 Å². The lowest BCUT2D eigenvalue weighted by Gasteiger charge is -2.20. The normalized spacial score (nSPS) is 13.5. The van der Waals surface area contributed by atoms with Crippen molar-refractivity contribution in [2.45, 2.75) is 25.9 Å². The molecule has 0 saturated carbocycles. The molecule has 0 aromatic heterocycles. The number of halogens is 2. The molecule has 0 aliphatic heterocycles. The van der Waals surface area contributed by atoms with E-state index in [1.165, 1.54) is 24.3 Å². The fraction of sp³-hybridized carbons (Fsp3) is 0.235. The van der Waals surface area contributed by atoms with Gasteiger partial charge in [0.15, 0.2) is 0 Å². The Kier molecular flexibility index (Phi) is 5.52. The average Bonchev–Trinajstić information content (AvgIpc) is 2.49. The third kappa shape index (κ3) is 4.29. The molecule has 22 heavy (non-hydrogen) atoms. The molecule has 1 amide bonds. The van der Waals surface area contributed by atoms with E-state index < -0.39 is 6.04 Å². The fourth-order valence-electron chi connectivity index (χ4n) is 2.15. The van der Waals surface area contributed by atoms with Crippen molar-refractivity contribution >= 4 is 23.2 Å². The molecule has 5 heteroatoms. The largest absolute Gasteiger partial charge is 0.325 e. The lowest BCUT2D eigenvalue weighted by atomic mass is 10.1. The molecule has 2 atom stereocenters. The van der Waals surface area contributed by atoms with Gasteiger partial charge in [-0.25, -0.2) is 4.39 Å². The lowest BCUT2D eigenvalue weighted by Crippen LogP contribution is -2.39. The molecule has 0 spiro atoms. The van der Waals surface area contributed by atoms with Gasteiger partial charge in [-0.3, -0.25) is 10.1 Å². The van der Waals surface area contributed by atoms with Crippen LogP contribution in [0.25, 0.3) is 0 Å². The van der Waals surface area contributed by atoms with Crippen molar-refractivity contribution in [3.63, 3.8) is 0 Å². The summed E-state index contributed by atoms with van der Waals surface area (Å²) in [6, 6.07) is 12.7. The number of rotatable bonds is 5. The maximum atomic E-state index is 12.8. The second kappa shape index (κ2) is 7.38. The van der Waals surface area contributed by atoms with Crippen molar-refractivity contribution in [2.75, 3.05) is 5.32 Å². The summed E-state index contributed by atoms with van der Waals surface area (Å²) in [5, 5.41) is 6.60. The van der Waals surface area contributed by atoms with Gasteiger partial charge in [-0.1, -0.05) is 29.8 Å². The van der Waals surface area contributed by atoms with E-state index in [-0.39, 0.29) is 17.8 Å². The van der Waals surface area contributed by atoms with E-state index in [4.69, 9.17) is 11.6 Å². The number of nitrogens with one attached hydrogen (secondary N) is 2. The molecule has 0 bridgehead atoms. The first-order valence-electron chi connectivity index (χ1n) is 7.04. The minimum absolute atomic E-state index is 0.0670. The molecular weight excluding hydrogens is 303 g/mol. The minimum atomic E-state index is -0.420. The fourth-order valence-corrected chi connectivity index (χ4v) is 2.45. The first-order chi connectivity index (χ1) is 10.5. The van der Waals surface area contributed by atoms with Gasteiger partial charge in [0.05, 0.1) is 6.04 Å². The van der Waals surface area contributed by atoms with E-state index in [2.05, 4.69) is 10.6 Å². The van der Waals surface area contributed by atoms with Crippen LogP contribution in [0.3, 0.4) is 0 Å². The van der Waals surface area contributed by atoms with E-state index >= 15 is 0 Å². The monoisotopic (exact) mass is 320 g/mol. The molecule has 3 nitrogen and oxygen atoms in total. The van der Waals surface area contributed by atoms with Crippen LogP contribution in [0.2, 0.25) is 5.02 Å². The predicted molar refractivity (Wildman–Crippen MR) is 87.5 cm³/mol. The second-order valence-electron chi connectivity index (χ2n) is 5.13. The summed E-state index contributed by atoms with van der Waals surface area (Å²) in [7, 11) is 0. The highest BCUT2D eigenvalue weighted by molar-refractivity contribution is 6.31. The molecule has 0 aliphatic rings.